The zero-order valence-corrected chi connectivity index (χ0v) is 10.5. The van der Waals surface area contributed by atoms with E-state index in [0.717, 1.165) is 11.0 Å². The third kappa shape index (κ3) is 2.03. The molecule has 0 saturated heterocycles. The minimum Gasteiger partial charge on any atom is -0.383 e. The molecule has 0 spiro atoms. The molecular weight excluding hydrogens is 243 g/mol. The van der Waals surface area contributed by atoms with Crippen LogP contribution in [0.5, 0.6) is 0 Å². The Morgan fingerprint density at radius 2 is 2.00 bits per heavy atom. The Morgan fingerprint density at radius 1 is 1.21 bits per heavy atom. The van der Waals surface area contributed by atoms with Gasteiger partial charge in [-0.15, -0.1) is 0 Å². The number of aryl methyl sites for hydroxylation is 1. The first kappa shape index (κ1) is 11.6. The molecule has 0 aliphatic carbocycles. The van der Waals surface area contributed by atoms with Crippen molar-refractivity contribution in [1.82, 2.24) is 14.5 Å². The molecule has 96 valence electrons. The number of anilines is 1. The number of nitrogens with two attached hydrogens (primary N) is 1. The summed E-state index contributed by atoms with van der Waals surface area (Å²) in [7, 11) is 1.89. The number of hydrogen-bond donors (Lipinski definition) is 1. The van der Waals surface area contributed by atoms with Gasteiger partial charge in [0.25, 0.3) is 0 Å². The predicted molar refractivity (Wildman–Crippen MR) is 72.1 cm³/mol. The molecule has 0 aliphatic heterocycles. The molecule has 0 amide bonds. The summed E-state index contributed by atoms with van der Waals surface area (Å²) in [4.78, 5) is 8.67. The highest BCUT2D eigenvalue weighted by Gasteiger charge is 2.10. The van der Waals surface area contributed by atoms with Gasteiger partial charge in [-0.1, -0.05) is 18.2 Å². The fourth-order valence-corrected chi connectivity index (χ4v) is 2.10. The fourth-order valence-electron chi connectivity index (χ4n) is 2.10. The minimum absolute atomic E-state index is 0.253. The summed E-state index contributed by atoms with van der Waals surface area (Å²) >= 11 is 0. The highest BCUT2D eigenvalue weighted by atomic mass is 19.1. The third-order valence-corrected chi connectivity index (χ3v) is 3.11. The van der Waals surface area contributed by atoms with Gasteiger partial charge < -0.3 is 10.3 Å². The van der Waals surface area contributed by atoms with E-state index in [1.165, 1.54) is 6.07 Å². The summed E-state index contributed by atoms with van der Waals surface area (Å²) in [6.45, 7) is 0. The molecule has 1 aromatic carbocycles. The van der Waals surface area contributed by atoms with Crippen LogP contribution < -0.4 is 5.73 Å². The van der Waals surface area contributed by atoms with Crippen molar-refractivity contribution in [3.63, 3.8) is 0 Å². The first-order valence-electron chi connectivity index (χ1n) is 5.96. The number of rotatable bonds is 2. The lowest BCUT2D eigenvalue weighted by atomic mass is 10.1. The van der Waals surface area contributed by atoms with Gasteiger partial charge in [-0.25, -0.2) is 14.4 Å². The summed E-state index contributed by atoms with van der Waals surface area (Å²) in [6, 6.07) is 8.48. The van der Waals surface area contributed by atoms with Crippen LogP contribution in [0.25, 0.3) is 11.0 Å². The molecule has 0 bridgehead atoms. The quantitative estimate of drug-likeness (QED) is 0.765. The molecule has 3 aromatic rings. The Balaban J connectivity index is 2.06. The van der Waals surface area contributed by atoms with Crippen LogP contribution in [-0.4, -0.2) is 14.5 Å². The van der Waals surface area contributed by atoms with E-state index in [2.05, 4.69) is 9.97 Å². The zero-order valence-electron chi connectivity index (χ0n) is 10.5. The number of benzene rings is 1. The Kier molecular flexibility index (Phi) is 2.67. The first-order chi connectivity index (χ1) is 9.15. The monoisotopic (exact) mass is 256 g/mol. The van der Waals surface area contributed by atoms with Gasteiger partial charge in [0, 0.05) is 19.7 Å². The molecule has 0 radical (unpaired) electrons. The topological polar surface area (TPSA) is 56.7 Å². The second-order valence-electron chi connectivity index (χ2n) is 4.46. The minimum atomic E-state index is -0.253. The van der Waals surface area contributed by atoms with Gasteiger partial charge in [-0.2, -0.15) is 0 Å². The molecular formula is C14H13FN4. The summed E-state index contributed by atoms with van der Waals surface area (Å²) < 4.78 is 15.5. The molecule has 0 saturated carbocycles. The Bertz CT molecular complexity index is 748. The van der Waals surface area contributed by atoms with Gasteiger partial charge in [-0.05, 0) is 17.7 Å². The van der Waals surface area contributed by atoms with E-state index in [1.807, 2.05) is 23.9 Å². The maximum Gasteiger partial charge on any atom is 0.145 e. The molecule has 19 heavy (non-hydrogen) atoms. The summed E-state index contributed by atoms with van der Waals surface area (Å²) in [5.74, 6) is 0.700. The standard InChI is InChI=1S/C14H13FN4/c1-19-7-6-10-13(16)17-12(18-14(10)19)8-9-4-2-3-5-11(9)15/h2-7H,8H2,1H3,(H2,16,17,18). The molecule has 0 aliphatic rings. The Hall–Kier alpha value is -2.43. The van der Waals surface area contributed by atoms with Crippen molar-refractivity contribution in [2.75, 3.05) is 5.73 Å². The van der Waals surface area contributed by atoms with Crippen molar-refractivity contribution in [2.45, 2.75) is 6.42 Å². The van der Waals surface area contributed by atoms with Crippen molar-refractivity contribution in [1.29, 1.82) is 0 Å². The highest BCUT2D eigenvalue weighted by molar-refractivity contribution is 5.86. The lowest BCUT2D eigenvalue weighted by molar-refractivity contribution is 0.612. The van der Waals surface area contributed by atoms with Crippen LogP contribution in [-0.2, 0) is 13.5 Å². The van der Waals surface area contributed by atoms with E-state index in [4.69, 9.17) is 5.73 Å². The number of halogens is 1. The second kappa shape index (κ2) is 4.35. The van der Waals surface area contributed by atoms with Crippen molar-refractivity contribution in [3.8, 4) is 0 Å². The van der Waals surface area contributed by atoms with Crippen LogP contribution >= 0.6 is 0 Å². The highest BCUT2D eigenvalue weighted by Crippen LogP contribution is 2.19. The largest absolute Gasteiger partial charge is 0.383 e. The van der Waals surface area contributed by atoms with Gasteiger partial charge in [-0.3, -0.25) is 0 Å². The van der Waals surface area contributed by atoms with Crippen LogP contribution in [0.3, 0.4) is 0 Å². The molecule has 4 nitrogen and oxygen atoms in total. The van der Waals surface area contributed by atoms with E-state index in [-0.39, 0.29) is 5.82 Å². The van der Waals surface area contributed by atoms with Gasteiger partial charge in [0.1, 0.15) is 23.1 Å². The van der Waals surface area contributed by atoms with E-state index in [1.54, 1.807) is 18.2 Å². The van der Waals surface area contributed by atoms with Gasteiger partial charge in [0.15, 0.2) is 0 Å². The summed E-state index contributed by atoms with van der Waals surface area (Å²) in [5, 5.41) is 0.819. The van der Waals surface area contributed by atoms with Crippen molar-refractivity contribution < 1.29 is 4.39 Å². The van der Waals surface area contributed by atoms with E-state index >= 15 is 0 Å². The molecule has 2 aromatic heterocycles. The van der Waals surface area contributed by atoms with Crippen molar-refractivity contribution in [3.05, 3.63) is 53.7 Å². The molecule has 0 atom stereocenters. The molecule has 5 heteroatoms. The van der Waals surface area contributed by atoms with Gasteiger partial charge in [0.05, 0.1) is 5.39 Å². The van der Waals surface area contributed by atoms with E-state index < -0.39 is 0 Å². The molecule has 2 N–H and O–H groups in total. The maximum atomic E-state index is 13.6. The van der Waals surface area contributed by atoms with Gasteiger partial charge in [0.2, 0.25) is 0 Å². The third-order valence-electron chi connectivity index (χ3n) is 3.11. The Morgan fingerprint density at radius 3 is 2.79 bits per heavy atom. The number of aromatic nitrogens is 3. The zero-order chi connectivity index (χ0) is 13.4. The normalized spacial score (nSPS) is 11.1. The second-order valence-corrected chi connectivity index (χ2v) is 4.46. The fraction of sp³-hybridized carbons (Fsp3) is 0.143. The SMILES string of the molecule is Cn1ccc2c(N)nc(Cc3ccccc3F)nc21. The number of nitrogens with zero attached hydrogens (tertiary/aromatic N) is 3. The van der Waals surface area contributed by atoms with E-state index in [0.29, 0.717) is 23.6 Å². The number of fused-ring (bicyclic) bond motifs is 1. The number of nitrogen functional groups attached to an aromatic ring is 1. The smallest absolute Gasteiger partial charge is 0.145 e. The lowest BCUT2D eigenvalue weighted by Gasteiger charge is -2.05. The lowest BCUT2D eigenvalue weighted by Crippen LogP contribution is -2.04. The number of hydrogen-bond acceptors (Lipinski definition) is 3. The van der Waals surface area contributed by atoms with Crippen LogP contribution in [0.2, 0.25) is 0 Å². The first-order valence-corrected chi connectivity index (χ1v) is 5.96. The summed E-state index contributed by atoms with van der Waals surface area (Å²) in [5.41, 5.74) is 7.23. The van der Waals surface area contributed by atoms with Crippen LogP contribution in [0, 0.1) is 5.82 Å². The van der Waals surface area contributed by atoms with E-state index in [9.17, 15) is 4.39 Å². The van der Waals surface area contributed by atoms with Crippen LogP contribution in [0.15, 0.2) is 36.5 Å². The molecule has 3 rings (SSSR count). The average molecular weight is 256 g/mol. The summed E-state index contributed by atoms with van der Waals surface area (Å²) in [6.07, 6.45) is 2.21. The maximum absolute atomic E-state index is 13.6. The predicted octanol–water partition coefficient (Wildman–Crippen LogP) is 2.28. The van der Waals surface area contributed by atoms with Crippen molar-refractivity contribution >= 4 is 16.9 Å². The average Bonchev–Trinajstić information content (AvgIpc) is 2.75. The van der Waals surface area contributed by atoms with Crippen LogP contribution in [0.4, 0.5) is 10.2 Å². The van der Waals surface area contributed by atoms with Gasteiger partial charge >= 0.3 is 0 Å². The van der Waals surface area contributed by atoms with Crippen LogP contribution in [0.1, 0.15) is 11.4 Å². The molecule has 2 heterocycles. The molecule has 0 fully saturated rings. The molecule has 0 unspecified atom stereocenters. The Labute approximate surface area is 109 Å². The van der Waals surface area contributed by atoms with Crippen molar-refractivity contribution in [2.24, 2.45) is 7.05 Å².